The minimum Gasteiger partial charge on any atom is -0.375 e. The van der Waals surface area contributed by atoms with E-state index in [1.165, 1.54) is 6.07 Å². The van der Waals surface area contributed by atoms with Gasteiger partial charge in [-0.05, 0) is 37.0 Å². The molecule has 0 aromatic heterocycles. The van der Waals surface area contributed by atoms with Gasteiger partial charge in [-0.3, -0.25) is 11.3 Å². The van der Waals surface area contributed by atoms with Gasteiger partial charge >= 0.3 is 6.18 Å². The predicted octanol–water partition coefficient (Wildman–Crippen LogP) is 2.92. The van der Waals surface area contributed by atoms with Crippen molar-refractivity contribution in [1.29, 1.82) is 0 Å². The van der Waals surface area contributed by atoms with Crippen molar-refractivity contribution in [3.8, 4) is 0 Å². The van der Waals surface area contributed by atoms with Crippen molar-refractivity contribution >= 4 is 0 Å². The molecule has 3 N–H and O–H groups in total. The first-order chi connectivity index (χ1) is 9.90. The zero-order valence-corrected chi connectivity index (χ0v) is 11.2. The average Bonchev–Trinajstić information content (AvgIpc) is 3.03. The van der Waals surface area contributed by atoms with E-state index in [2.05, 4.69) is 5.43 Å². The van der Waals surface area contributed by atoms with Crippen LogP contribution < -0.4 is 11.3 Å². The number of fused-ring (bicyclic) bond motifs is 2. The van der Waals surface area contributed by atoms with Crippen molar-refractivity contribution in [2.75, 3.05) is 0 Å². The van der Waals surface area contributed by atoms with Crippen molar-refractivity contribution in [3.63, 3.8) is 0 Å². The minimum absolute atomic E-state index is 0.00967. The molecule has 4 unspecified atom stereocenters. The van der Waals surface area contributed by atoms with E-state index in [9.17, 15) is 17.6 Å². The standard InChI is InChI=1S/C14H16F4N2O/c15-11-3-1-7(5-10(11)14(16,17)18)13(20-19)9-6-8-2-4-12(9)21-8/h1,3,5,8-9,12-13,20H,2,4,6,19H2. The maximum Gasteiger partial charge on any atom is 0.419 e. The van der Waals surface area contributed by atoms with Crippen LogP contribution in [0.4, 0.5) is 17.6 Å². The summed E-state index contributed by atoms with van der Waals surface area (Å²) in [5, 5.41) is 0. The summed E-state index contributed by atoms with van der Waals surface area (Å²) in [6.07, 6.45) is -1.91. The van der Waals surface area contributed by atoms with Crippen molar-refractivity contribution in [2.45, 2.75) is 43.7 Å². The molecular weight excluding hydrogens is 288 g/mol. The number of ether oxygens (including phenoxy) is 1. The van der Waals surface area contributed by atoms with Crippen molar-refractivity contribution in [3.05, 3.63) is 35.1 Å². The molecule has 4 atom stereocenters. The summed E-state index contributed by atoms with van der Waals surface area (Å²) in [5.41, 5.74) is 1.65. The largest absolute Gasteiger partial charge is 0.419 e. The number of hydrogen-bond donors (Lipinski definition) is 2. The molecule has 0 radical (unpaired) electrons. The number of nitrogens with one attached hydrogen (secondary N) is 1. The van der Waals surface area contributed by atoms with Gasteiger partial charge in [0.1, 0.15) is 5.82 Å². The van der Waals surface area contributed by atoms with Crippen LogP contribution in [-0.4, -0.2) is 12.2 Å². The van der Waals surface area contributed by atoms with Gasteiger partial charge in [0.15, 0.2) is 0 Å². The molecule has 0 spiro atoms. The maximum absolute atomic E-state index is 13.4. The van der Waals surface area contributed by atoms with Gasteiger partial charge in [-0.15, -0.1) is 0 Å². The number of hydrogen-bond acceptors (Lipinski definition) is 3. The van der Waals surface area contributed by atoms with Crippen LogP contribution in [0.25, 0.3) is 0 Å². The van der Waals surface area contributed by atoms with Crippen LogP contribution in [0.3, 0.4) is 0 Å². The SMILES string of the molecule is NNC(c1ccc(F)c(C(F)(F)F)c1)C1CC2CCC1O2. The third-order valence-corrected chi connectivity index (χ3v) is 4.42. The summed E-state index contributed by atoms with van der Waals surface area (Å²) in [4.78, 5) is 0. The van der Waals surface area contributed by atoms with E-state index in [1.54, 1.807) is 0 Å². The van der Waals surface area contributed by atoms with Crippen LogP contribution in [0.2, 0.25) is 0 Å². The number of benzene rings is 1. The Kier molecular flexibility index (Phi) is 3.67. The number of hydrazine groups is 1. The Balaban J connectivity index is 1.91. The molecule has 21 heavy (non-hydrogen) atoms. The molecule has 0 saturated carbocycles. The highest BCUT2D eigenvalue weighted by Crippen LogP contribution is 2.45. The van der Waals surface area contributed by atoms with Gasteiger partial charge in [0.25, 0.3) is 0 Å². The van der Waals surface area contributed by atoms with Crippen LogP contribution in [0, 0.1) is 11.7 Å². The summed E-state index contributed by atoms with van der Waals surface area (Å²) in [6, 6.07) is 2.56. The second kappa shape index (κ2) is 5.23. The van der Waals surface area contributed by atoms with Crippen LogP contribution in [0.15, 0.2) is 18.2 Å². The molecule has 0 aliphatic carbocycles. The highest BCUT2D eigenvalue weighted by atomic mass is 19.4. The van der Waals surface area contributed by atoms with Crippen molar-refractivity contribution < 1.29 is 22.3 Å². The predicted molar refractivity (Wildman–Crippen MR) is 67.5 cm³/mol. The molecule has 1 aromatic rings. The first kappa shape index (κ1) is 14.7. The van der Waals surface area contributed by atoms with Gasteiger partial charge < -0.3 is 4.74 Å². The van der Waals surface area contributed by atoms with E-state index in [4.69, 9.17) is 10.6 Å². The third kappa shape index (κ3) is 2.65. The normalized spacial score (nSPS) is 29.9. The molecule has 3 rings (SSSR count). The van der Waals surface area contributed by atoms with Crippen LogP contribution in [-0.2, 0) is 10.9 Å². The lowest BCUT2D eigenvalue weighted by molar-refractivity contribution is -0.140. The quantitative estimate of drug-likeness (QED) is 0.513. The van der Waals surface area contributed by atoms with Crippen molar-refractivity contribution in [2.24, 2.45) is 11.8 Å². The molecule has 2 fully saturated rings. The molecule has 116 valence electrons. The summed E-state index contributed by atoms with van der Waals surface area (Å²) >= 11 is 0. The van der Waals surface area contributed by atoms with Gasteiger partial charge in [0, 0.05) is 5.92 Å². The average molecular weight is 304 g/mol. The highest BCUT2D eigenvalue weighted by molar-refractivity contribution is 5.30. The van der Waals surface area contributed by atoms with Crippen LogP contribution >= 0.6 is 0 Å². The highest BCUT2D eigenvalue weighted by Gasteiger charge is 2.45. The molecule has 2 aliphatic heterocycles. The van der Waals surface area contributed by atoms with E-state index >= 15 is 0 Å². The molecular formula is C14H16F4N2O. The van der Waals surface area contributed by atoms with E-state index < -0.39 is 23.6 Å². The van der Waals surface area contributed by atoms with Gasteiger partial charge in [-0.25, -0.2) is 4.39 Å². The number of nitrogens with two attached hydrogens (primary N) is 1. The van der Waals surface area contributed by atoms with Crippen molar-refractivity contribution in [1.82, 2.24) is 5.43 Å². The minimum atomic E-state index is -4.72. The fraction of sp³-hybridized carbons (Fsp3) is 0.571. The van der Waals surface area contributed by atoms with Gasteiger partial charge in [-0.1, -0.05) is 6.07 Å². The molecule has 2 saturated heterocycles. The molecule has 7 heteroatoms. The number of alkyl halides is 3. The summed E-state index contributed by atoms with van der Waals surface area (Å²) in [6.45, 7) is 0. The second-order valence-corrected chi connectivity index (χ2v) is 5.65. The van der Waals surface area contributed by atoms with Gasteiger partial charge in [0.2, 0.25) is 0 Å². The number of rotatable bonds is 3. The monoisotopic (exact) mass is 304 g/mol. The summed E-state index contributed by atoms with van der Waals surface area (Å²) in [5.74, 6) is 4.28. The summed E-state index contributed by atoms with van der Waals surface area (Å²) < 4.78 is 57.5. The van der Waals surface area contributed by atoms with Gasteiger partial charge in [-0.2, -0.15) is 13.2 Å². The van der Waals surface area contributed by atoms with E-state index in [1.807, 2.05) is 0 Å². The summed E-state index contributed by atoms with van der Waals surface area (Å²) in [7, 11) is 0. The van der Waals surface area contributed by atoms with Crippen LogP contribution in [0.1, 0.15) is 36.4 Å². The molecule has 2 heterocycles. The Labute approximate surface area is 119 Å². The van der Waals surface area contributed by atoms with E-state index in [-0.39, 0.29) is 18.1 Å². The number of halogens is 4. The molecule has 3 nitrogen and oxygen atoms in total. The Hall–Kier alpha value is -1.18. The molecule has 2 aliphatic rings. The zero-order chi connectivity index (χ0) is 15.2. The Morgan fingerprint density at radius 2 is 2.05 bits per heavy atom. The fourth-order valence-electron chi connectivity index (χ4n) is 3.45. The first-order valence-corrected chi connectivity index (χ1v) is 6.88. The van der Waals surface area contributed by atoms with Gasteiger partial charge in [0.05, 0.1) is 23.8 Å². The topological polar surface area (TPSA) is 47.3 Å². The second-order valence-electron chi connectivity index (χ2n) is 5.65. The molecule has 2 bridgehead atoms. The lowest BCUT2D eigenvalue weighted by Crippen LogP contribution is -2.37. The Morgan fingerprint density at radius 3 is 2.57 bits per heavy atom. The Morgan fingerprint density at radius 1 is 1.29 bits per heavy atom. The zero-order valence-electron chi connectivity index (χ0n) is 11.2. The van der Waals surface area contributed by atoms with E-state index in [0.29, 0.717) is 5.56 Å². The maximum atomic E-state index is 13.4. The van der Waals surface area contributed by atoms with E-state index in [0.717, 1.165) is 31.4 Å². The fourth-order valence-corrected chi connectivity index (χ4v) is 3.45. The molecule has 1 aromatic carbocycles. The first-order valence-electron chi connectivity index (χ1n) is 6.88. The smallest absolute Gasteiger partial charge is 0.375 e. The Bertz CT molecular complexity index is 534. The third-order valence-electron chi connectivity index (χ3n) is 4.42. The lowest BCUT2D eigenvalue weighted by atomic mass is 9.81. The lowest BCUT2D eigenvalue weighted by Gasteiger charge is -2.28. The van der Waals surface area contributed by atoms with Crippen LogP contribution in [0.5, 0.6) is 0 Å². The molecule has 0 amide bonds.